The van der Waals surface area contributed by atoms with E-state index in [2.05, 4.69) is 46.6 Å². The predicted molar refractivity (Wildman–Crippen MR) is 81.6 cm³/mol. The second-order valence-corrected chi connectivity index (χ2v) is 7.14. The fourth-order valence-corrected chi connectivity index (χ4v) is 4.03. The predicted octanol–water partition coefficient (Wildman–Crippen LogP) is 2.05. The Bertz CT molecular complexity index is 489. The van der Waals surface area contributed by atoms with E-state index in [1.54, 1.807) is 11.3 Å². The van der Waals surface area contributed by atoms with Gasteiger partial charge in [-0.3, -0.25) is 10.1 Å². The molecule has 2 fully saturated rings. The lowest BCUT2D eigenvalue weighted by Gasteiger charge is -2.29. The van der Waals surface area contributed by atoms with Gasteiger partial charge in [0.15, 0.2) is 0 Å². The molecule has 1 N–H and O–H groups in total. The van der Waals surface area contributed by atoms with E-state index >= 15 is 0 Å². The number of carbonyl (C=O) groups excluding carboxylic acids is 1. The summed E-state index contributed by atoms with van der Waals surface area (Å²) in [4.78, 5) is 18.6. The molecule has 4 nitrogen and oxygen atoms in total. The average Bonchev–Trinajstić information content (AvgIpc) is 3.12. The second-order valence-electron chi connectivity index (χ2n) is 6.17. The molecule has 3 atom stereocenters. The SMILES string of the molecule is CCC1(C)NC(c2cccs2)N(C2CCN(C)C2)C1=O. The van der Waals surface area contributed by atoms with Gasteiger partial charge in [0.1, 0.15) is 6.17 Å². The van der Waals surface area contributed by atoms with E-state index < -0.39 is 5.54 Å². The summed E-state index contributed by atoms with van der Waals surface area (Å²) in [6.45, 7) is 6.18. The molecule has 2 saturated heterocycles. The Morgan fingerprint density at radius 3 is 2.90 bits per heavy atom. The van der Waals surface area contributed by atoms with Crippen LogP contribution < -0.4 is 5.32 Å². The third kappa shape index (κ3) is 2.18. The number of rotatable bonds is 3. The van der Waals surface area contributed by atoms with E-state index in [9.17, 15) is 4.79 Å². The van der Waals surface area contributed by atoms with E-state index in [0.717, 1.165) is 25.9 Å². The number of likely N-dealkylation sites (tertiary alicyclic amines) is 1. The fraction of sp³-hybridized carbons (Fsp3) is 0.667. The first-order valence-electron chi connectivity index (χ1n) is 7.37. The van der Waals surface area contributed by atoms with Crippen LogP contribution in [0.4, 0.5) is 0 Å². The molecule has 0 aliphatic carbocycles. The van der Waals surface area contributed by atoms with Crippen molar-refractivity contribution in [3.05, 3.63) is 22.4 Å². The highest BCUT2D eigenvalue weighted by molar-refractivity contribution is 7.10. The number of nitrogens with one attached hydrogen (secondary N) is 1. The van der Waals surface area contributed by atoms with Gasteiger partial charge >= 0.3 is 0 Å². The van der Waals surface area contributed by atoms with E-state index in [4.69, 9.17) is 0 Å². The molecule has 0 spiro atoms. The van der Waals surface area contributed by atoms with Crippen LogP contribution in [0, 0.1) is 0 Å². The Balaban J connectivity index is 1.92. The van der Waals surface area contributed by atoms with Gasteiger partial charge in [-0.15, -0.1) is 11.3 Å². The molecule has 2 aliphatic rings. The normalized spacial score (nSPS) is 35.1. The average molecular weight is 293 g/mol. The van der Waals surface area contributed by atoms with Gasteiger partial charge in [-0.05, 0) is 44.8 Å². The van der Waals surface area contributed by atoms with Crippen LogP contribution in [-0.4, -0.2) is 47.4 Å². The molecule has 1 aromatic rings. The van der Waals surface area contributed by atoms with Gasteiger partial charge in [-0.1, -0.05) is 13.0 Å². The first-order chi connectivity index (χ1) is 9.55. The van der Waals surface area contributed by atoms with Crippen LogP contribution in [-0.2, 0) is 4.79 Å². The summed E-state index contributed by atoms with van der Waals surface area (Å²) in [5, 5.41) is 5.66. The molecular weight excluding hydrogens is 270 g/mol. The van der Waals surface area contributed by atoms with E-state index in [0.29, 0.717) is 6.04 Å². The van der Waals surface area contributed by atoms with Crippen molar-refractivity contribution in [1.29, 1.82) is 0 Å². The molecule has 5 heteroatoms. The molecule has 0 aromatic carbocycles. The molecule has 2 aliphatic heterocycles. The van der Waals surface area contributed by atoms with Crippen molar-refractivity contribution < 1.29 is 4.79 Å². The van der Waals surface area contributed by atoms with Gasteiger partial charge < -0.3 is 9.80 Å². The summed E-state index contributed by atoms with van der Waals surface area (Å²) in [5.41, 5.74) is -0.421. The van der Waals surface area contributed by atoms with Crippen LogP contribution in [0.25, 0.3) is 0 Å². The van der Waals surface area contributed by atoms with Gasteiger partial charge in [0.2, 0.25) is 5.91 Å². The molecule has 1 amide bonds. The molecular formula is C15H23N3OS. The summed E-state index contributed by atoms with van der Waals surface area (Å²) in [5.74, 6) is 0.263. The lowest BCUT2D eigenvalue weighted by molar-refractivity contribution is -0.135. The van der Waals surface area contributed by atoms with Crippen molar-refractivity contribution in [2.45, 2.75) is 44.4 Å². The third-order valence-electron chi connectivity index (χ3n) is 4.72. The lowest BCUT2D eigenvalue weighted by Crippen LogP contribution is -2.45. The minimum atomic E-state index is -0.421. The first kappa shape index (κ1) is 14.0. The molecule has 3 rings (SSSR count). The van der Waals surface area contributed by atoms with Crippen molar-refractivity contribution in [3.8, 4) is 0 Å². The minimum Gasteiger partial charge on any atom is -0.316 e. The van der Waals surface area contributed by atoms with Crippen molar-refractivity contribution >= 4 is 17.2 Å². The van der Waals surface area contributed by atoms with Crippen LogP contribution in [0.2, 0.25) is 0 Å². The van der Waals surface area contributed by atoms with E-state index in [-0.39, 0.29) is 12.1 Å². The standard InChI is InChI=1S/C15H23N3OS/c1-4-15(2)14(19)18(11-7-8-17(3)10-11)13(16-15)12-6-5-9-20-12/h5-6,9,11,13,16H,4,7-8,10H2,1-3H3. The lowest BCUT2D eigenvalue weighted by atomic mass is 9.99. The third-order valence-corrected chi connectivity index (χ3v) is 5.64. The number of amides is 1. The Labute approximate surface area is 124 Å². The zero-order valence-corrected chi connectivity index (χ0v) is 13.2. The fourth-order valence-electron chi connectivity index (χ4n) is 3.26. The molecule has 110 valence electrons. The van der Waals surface area contributed by atoms with Crippen molar-refractivity contribution in [3.63, 3.8) is 0 Å². The minimum absolute atomic E-state index is 0.0453. The van der Waals surface area contributed by atoms with Crippen molar-refractivity contribution in [1.82, 2.24) is 15.1 Å². The second kappa shape index (κ2) is 5.13. The first-order valence-corrected chi connectivity index (χ1v) is 8.25. The quantitative estimate of drug-likeness (QED) is 0.926. The van der Waals surface area contributed by atoms with Crippen molar-refractivity contribution in [2.75, 3.05) is 20.1 Å². The molecule has 0 saturated carbocycles. The summed E-state index contributed by atoms with van der Waals surface area (Å²) in [6, 6.07) is 4.52. The summed E-state index contributed by atoms with van der Waals surface area (Å²) >= 11 is 1.73. The van der Waals surface area contributed by atoms with Gasteiger partial charge in [-0.2, -0.15) is 0 Å². The van der Waals surface area contributed by atoms with Crippen LogP contribution in [0.1, 0.15) is 37.7 Å². The molecule has 3 heterocycles. The number of hydrogen-bond donors (Lipinski definition) is 1. The van der Waals surface area contributed by atoms with E-state index in [1.807, 2.05) is 6.92 Å². The van der Waals surface area contributed by atoms with Gasteiger partial charge in [0, 0.05) is 17.5 Å². The van der Waals surface area contributed by atoms with Crippen LogP contribution in [0.5, 0.6) is 0 Å². The highest BCUT2D eigenvalue weighted by Crippen LogP contribution is 2.37. The molecule has 0 radical (unpaired) electrons. The number of hydrogen-bond acceptors (Lipinski definition) is 4. The van der Waals surface area contributed by atoms with Crippen LogP contribution in [0.3, 0.4) is 0 Å². The van der Waals surface area contributed by atoms with Crippen molar-refractivity contribution in [2.24, 2.45) is 0 Å². The number of nitrogens with zero attached hydrogens (tertiary/aromatic N) is 2. The number of thiophene rings is 1. The molecule has 20 heavy (non-hydrogen) atoms. The van der Waals surface area contributed by atoms with Gasteiger partial charge in [-0.25, -0.2) is 0 Å². The van der Waals surface area contributed by atoms with Gasteiger partial charge in [0.25, 0.3) is 0 Å². The highest BCUT2D eigenvalue weighted by Gasteiger charge is 2.50. The van der Waals surface area contributed by atoms with Crippen LogP contribution >= 0.6 is 11.3 Å². The Morgan fingerprint density at radius 2 is 2.35 bits per heavy atom. The summed E-state index contributed by atoms with van der Waals surface area (Å²) in [7, 11) is 2.13. The largest absolute Gasteiger partial charge is 0.316 e. The number of carbonyl (C=O) groups is 1. The monoisotopic (exact) mass is 293 g/mol. The Morgan fingerprint density at radius 1 is 1.55 bits per heavy atom. The zero-order chi connectivity index (χ0) is 14.3. The number of likely N-dealkylation sites (N-methyl/N-ethyl adjacent to an activating group) is 1. The highest BCUT2D eigenvalue weighted by atomic mass is 32.1. The topological polar surface area (TPSA) is 35.6 Å². The maximum atomic E-state index is 12.9. The molecule has 0 bridgehead atoms. The maximum absolute atomic E-state index is 12.9. The summed E-state index contributed by atoms with van der Waals surface area (Å²) < 4.78 is 0. The molecule has 3 unspecified atom stereocenters. The zero-order valence-electron chi connectivity index (χ0n) is 12.4. The Kier molecular flexibility index (Phi) is 3.60. The van der Waals surface area contributed by atoms with Gasteiger partial charge in [0.05, 0.1) is 5.54 Å². The summed E-state index contributed by atoms with van der Waals surface area (Å²) in [6.07, 6.45) is 1.95. The molecule has 1 aromatic heterocycles. The van der Waals surface area contributed by atoms with Crippen LogP contribution in [0.15, 0.2) is 17.5 Å². The smallest absolute Gasteiger partial charge is 0.244 e. The maximum Gasteiger partial charge on any atom is 0.244 e. The van der Waals surface area contributed by atoms with E-state index in [1.165, 1.54) is 4.88 Å². The Hall–Kier alpha value is -0.910.